The summed E-state index contributed by atoms with van der Waals surface area (Å²) in [7, 11) is 0. The Morgan fingerprint density at radius 1 is 1.57 bits per heavy atom. The van der Waals surface area contributed by atoms with E-state index in [1.54, 1.807) is 0 Å². The lowest BCUT2D eigenvalue weighted by atomic mass is 10.0. The van der Waals surface area contributed by atoms with E-state index < -0.39 is 11.3 Å². The minimum atomic E-state index is -1.98. The predicted octanol–water partition coefficient (Wildman–Crippen LogP) is 0.933. The second-order valence-electron chi connectivity index (χ2n) is 3.06. The standard InChI is InChI=1S/C9H14N2O2S/c1-7(10)9-5-3-2-4-8(9)6-11-14(12)13/h2-5,7,11H,6,10H2,1H3,(H,12,13). The van der Waals surface area contributed by atoms with Gasteiger partial charge in [0.25, 0.3) is 0 Å². The van der Waals surface area contributed by atoms with E-state index in [1.165, 1.54) is 0 Å². The van der Waals surface area contributed by atoms with Crippen LogP contribution in [0.4, 0.5) is 0 Å². The third kappa shape index (κ3) is 3.19. The highest BCUT2D eigenvalue weighted by Crippen LogP contribution is 2.15. The topological polar surface area (TPSA) is 75.3 Å². The van der Waals surface area contributed by atoms with Gasteiger partial charge in [0.05, 0.1) is 0 Å². The average Bonchev–Trinajstić information content (AvgIpc) is 2.15. The Balaban J connectivity index is 2.79. The van der Waals surface area contributed by atoms with Crippen LogP contribution in [-0.2, 0) is 17.8 Å². The lowest BCUT2D eigenvalue weighted by Gasteiger charge is -2.11. The van der Waals surface area contributed by atoms with E-state index in [4.69, 9.17) is 10.3 Å². The van der Waals surface area contributed by atoms with Gasteiger partial charge in [0.2, 0.25) is 11.3 Å². The van der Waals surface area contributed by atoms with Crippen LogP contribution in [0.25, 0.3) is 0 Å². The van der Waals surface area contributed by atoms with Crippen LogP contribution in [-0.4, -0.2) is 8.76 Å². The Hall–Kier alpha value is -0.750. The first-order valence-electron chi connectivity index (χ1n) is 4.29. The van der Waals surface area contributed by atoms with Crippen molar-refractivity contribution in [1.82, 2.24) is 4.72 Å². The van der Waals surface area contributed by atoms with Crippen molar-refractivity contribution in [2.24, 2.45) is 5.73 Å². The molecule has 4 nitrogen and oxygen atoms in total. The summed E-state index contributed by atoms with van der Waals surface area (Å²) < 4.78 is 21.4. The molecule has 1 aromatic rings. The van der Waals surface area contributed by atoms with Crippen molar-refractivity contribution in [3.63, 3.8) is 0 Å². The zero-order chi connectivity index (χ0) is 10.6. The third-order valence-corrected chi connectivity index (χ3v) is 2.32. The van der Waals surface area contributed by atoms with E-state index in [2.05, 4.69) is 4.72 Å². The van der Waals surface area contributed by atoms with Crippen molar-refractivity contribution in [3.8, 4) is 0 Å². The van der Waals surface area contributed by atoms with Gasteiger partial charge < -0.3 is 5.73 Å². The quantitative estimate of drug-likeness (QED) is 0.653. The third-order valence-electron chi connectivity index (χ3n) is 1.93. The van der Waals surface area contributed by atoms with E-state index in [0.29, 0.717) is 6.54 Å². The fourth-order valence-corrected chi connectivity index (χ4v) is 1.56. The SMILES string of the molecule is CC(N)c1ccccc1CNS(=O)O. The fourth-order valence-electron chi connectivity index (χ4n) is 1.28. The van der Waals surface area contributed by atoms with Gasteiger partial charge in [-0.3, -0.25) is 4.55 Å². The minimum Gasteiger partial charge on any atom is -0.324 e. The maximum Gasteiger partial charge on any atom is 0.232 e. The molecule has 2 unspecified atom stereocenters. The zero-order valence-electron chi connectivity index (χ0n) is 7.93. The van der Waals surface area contributed by atoms with Gasteiger partial charge in [0.15, 0.2) is 0 Å². The van der Waals surface area contributed by atoms with E-state index in [-0.39, 0.29) is 6.04 Å². The molecular formula is C9H14N2O2S. The number of hydrogen-bond acceptors (Lipinski definition) is 2. The van der Waals surface area contributed by atoms with Crippen LogP contribution < -0.4 is 10.5 Å². The Morgan fingerprint density at radius 2 is 2.21 bits per heavy atom. The average molecular weight is 214 g/mol. The Labute approximate surface area is 85.9 Å². The number of benzene rings is 1. The van der Waals surface area contributed by atoms with Gasteiger partial charge in [-0.15, -0.1) is 0 Å². The summed E-state index contributed by atoms with van der Waals surface area (Å²) in [6.07, 6.45) is 0. The smallest absolute Gasteiger partial charge is 0.232 e. The highest BCUT2D eigenvalue weighted by Gasteiger charge is 2.05. The maximum absolute atomic E-state index is 10.4. The van der Waals surface area contributed by atoms with Crippen LogP contribution in [0.3, 0.4) is 0 Å². The van der Waals surface area contributed by atoms with E-state index in [1.807, 2.05) is 31.2 Å². The molecule has 0 aliphatic rings. The maximum atomic E-state index is 10.4. The molecule has 0 amide bonds. The fraction of sp³-hybridized carbons (Fsp3) is 0.333. The van der Waals surface area contributed by atoms with Crippen molar-refractivity contribution in [1.29, 1.82) is 0 Å². The zero-order valence-corrected chi connectivity index (χ0v) is 8.75. The van der Waals surface area contributed by atoms with Crippen LogP contribution in [0.2, 0.25) is 0 Å². The molecule has 0 bridgehead atoms. The van der Waals surface area contributed by atoms with Gasteiger partial charge in [0, 0.05) is 12.6 Å². The van der Waals surface area contributed by atoms with Gasteiger partial charge in [0.1, 0.15) is 0 Å². The molecule has 0 aliphatic heterocycles. The summed E-state index contributed by atoms with van der Waals surface area (Å²) in [4.78, 5) is 0. The molecule has 4 N–H and O–H groups in total. The monoisotopic (exact) mass is 214 g/mol. The highest BCUT2D eigenvalue weighted by atomic mass is 32.2. The van der Waals surface area contributed by atoms with Gasteiger partial charge in [-0.1, -0.05) is 24.3 Å². The van der Waals surface area contributed by atoms with Crippen molar-refractivity contribution < 1.29 is 8.76 Å². The summed E-state index contributed by atoms with van der Waals surface area (Å²) in [5.41, 5.74) is 7.69. The largest absolute Gasteiger partial charge is 0.324 e. The first-order chi connectivity index (χ1) is 6.61. The molecule has 0 radical (unpaired) electrons. The number of rotatable bonds is 4. The summed E-state index contributed by atoms with van der Waals surface area (Å²) >= 11 is -1.98. The van der Waals surface area contributed by atoms with Crippen molar-refractivity contribution >= 4 is 11.3 Å². The van der Waals surface area contributed by atoms with Crippen LogP contribution in [0, 0.1) is 0 Å². The lowest BCUT2D eigenvalue weighted by molar-refractivity contribution is 0.548. The first-order valence-corrected chi connectivity index (χ1v) is 5.39. The van der Waals surface area contributed by atoms with E-state index in [0.717, 1.165) is 11.1 Å². The van der Waals surface area contributed by atoms with Crippen molar-refractivity contribution in [2.75, 3.05) is 0 Å². The molecule has 2 atom stereocenters. The molecule has 0 saturated carbocycles. The summed E-state index contributed by atoms with van der Waals surface area (Å²) in [6.45, 7) is 2.23. The first kappa shape index (κ1) is 11.3. The summed E-state index contributed by atoms with van der Waals surface area (Å²) in [6, 6.07) is 7.52. The normalized spacial score (nSPS) is 15.1. The molecule has 0 spiro atoms. The van der Waals surface area contributed by atoms with Crippen LogP contribution in [0.1, 0.15) is 24.1 Å². The lowest BCUT2D eigenvalue weighted by Crippen LogP contribution is -2.18. The molecule has 1 rings (SSSR count). The number of nitrogens with one attached hydrogen (secondary N) is 1. The van der Waals surface area contributed by atoms with Gasteiger partial charge in [-0.2, -0.15) is 0 Å². The molecule has 0 aromatic heterocycles. The Bertz CT molecular complexity index is 328. The van der Waals surface area contributed by atoms with Crippen molar-refractivity contribution in [2.45, 2.75) is 19.5 Å². The Morgan fingerprint density at radius 3 is 2.79 bits per heavy atom. The molecule has 0 aliphatic carbocycles. The second kappa shape index (κ2) is 5.21. The highest BCUT2D eigenvalue weighted by molar-refractivity contribution is 7.77. The molecule has 0 heterocycles. The van der Waals surface area contributed by atoms with Gasteiger partial charge >= 0.3 is 0 Å². The number of hydrogen-bond donors (Lipinski definition) is 3. The molecule has 1 aromatic carbocycles. The number of nitrogens with two attached hydrogens (primary N) is 1. The van der Waals surface area contributed by atoms with Crippen LogP contribution in [0.15, 0.2) is 24.3 Å². The molecular weight excluding hydrogens is 200 g/mol. The Kier molecular flexibility index (Phi) is 4.21. The minimum absolute atomic E-state index is 0.0693. The molecule has 14 heavy (non-hydrogen) atoms. The van der Waals surface area contributed by atoms with Gasteiger partial charge in [-0.05, 0) is 18.1 Å². The van der Waals surface area contributed by atoms with Gasteiger partial charge in [-0.25, -0.2) is 8.93 Å². The predicted molar refractivity (Wildman–Crippen MR) is 56.7 cm³/mol. The van der Waals surface area contributed by atoms with Crippen LogP contribution in [0.5, 0.6) is 0 Å². The van der Waals surface area contributed by atoms with Crippen LogP contribution >= 0.6 is 0 Å². The van der Waals surface area contributed by atoms with E-state index in [9.17, 15) is 4.21 Å². The van der Waals surface area contributed by atoms with E-state index >= 15 is 0 Å². The molecule has 0 saturated heterocycles. The summed E-state index contributed by atoms with van der Waals surface area (Å²) in [5, 5.41) is 0. The summed E-state index contributed by atoms with van der Waals surface area (Å²) in [5.74, 6) is 0. The molecule has 5 heteroatoms. The molecule has 78 valence electrons. The second-order valence-corrected chi connectivity index (χ2v) is 3.84. The van der Waals surface area contributed by atoms with Crippen molar-refractivity contribution in [3.05, 3.63) is 35.4 Å². The molecule has 0 fully saturated rings.